The number of ketones is 2. The molecule has 0 aromatic rings. The van der Waals surface area contributed by atoms with Crippen molar-refractivity contribution in [3.05, 3.63) is 19.1 Å². The molecule has 6 nitrogen and oxygen atoms in total. The van der Waals surface area contributed by atoms with Crippen LogP contribution < -0.4 is 35.0 Å². The summed E-state index contributed by atoms with van der Waals surface area (Å²) in [7, 11) is 0. The van der Waals surface area contributed by atoms with Crippen LogP contribution in [0, 0.1) is 56.2 Å². The van der Waals surface area contributed by atoms with Gasteiger partial charge in [0.1, 0.15) is 11.7 Å². The number of Topliss-reactive ketones (excluding diaryl/α,β-unsaturated/α-hetero) is 1. The standard InChI is InChI=1S/C13H24ClNO.C11H23N.C11H22O.C10H18O.C9H14O.CH3.ClH.HI.Mg/c1-11(2)7-12(3,4)9-13(5,8-11)15-10(16)6-14;2*1-9(2)6-10(3,4)8-11(5,12)7-9;1-9(2)5-8(11)6-10(3,4)7-9;1-7-4-8(10)6-9(2,3)5-7;;;;/h6-9H2,1-5H3,(H,15,16);6-8,12H2,1-5H3;12H,6-8H2,1-5H3;5-7H2,1-4H3;4H,5-6H2,1-3H3;1H3;2*1H;/q;;;;;-1;;;+2/p-1. The second-order valence-corrected chi connectivity index (χ2v) is 29.6. The van der Waals surface area contributed by atoms with E-state index in [1.807, 2.05) is 13.8 Å². The first-order valence-corrected chi connectivity index (χ1v) is 24.3. The number of carbonyl (C=O) groups is 3. The van der Waals surface area contributed by atoms with Gasteiger partial charge in [-0.2, -0.15) is 0 Å². The predicted octanol–water partition coefficient (Wildman–Crippen LogP) is 11.9. The molecule has 0 aliphatic heterocycles. The van der Waals surface area contributed by atoms with E-state index in [4.69, 9.17) is 17.3 Å². The minimum atomic E-state index is -0.453. The molecule has 65 heavy (non-hydrogen) atoms. The fourth-order valence-corrected chi connectivity index (χ4v) is 15.6. The number of aliphatic hydroxyl groups is 1. The Morgan fingerprint density at radius 2 is 0.862 bits per heavy atom. The number of carbonyl (C=O) groups excluding carboxylic acids is 3. The molecule has 0 unspecified atom stereocenters. The van der Waals surface area contributed by atoms with Gasteiger partial charge < -0.3 is 47.6 Å². The number of rotatable bonds is 2. The van der Waals surface area contributed by atoms with E-state index >= 15 is 0 Å². The van der Waals surface area contributed by atoms with E-state index in [0.29, 0.717) is 33.9 Å². The van der Waals surface area contributed by atoms with Gasteiger partial charge in [0.15, 0.2) is 5.78 Å². The largest absolute Gasteiger partial charge is 2.00 e. The summed E-state index contributed by atoms with van der Waals surface area (Å²) in [5, 5.41) is 13.1. The van der Waals surface area contributed by atoms with Crippen molar-refractivity contribution in [1.82, 2.24) is 5.32 Å². The fourth-order valence-electron chi connectivity index (χ4n) is 15.5. The van der Waals surface area contributed by atoms with Crippen LogP contribution >= 0.6 is 24.0 Å². The predicted molar refractivity (Wildman–Crippen MR) is 282 cm³/mol. The number of nitrogens with two attached hydrogens (primary N) is 1. The molecule has 0 aromatic carbocycles. The monoisotopic (exact) mass is 1080 g/mol. The van der Waals surface area contributed by atoms with Gasteiger partial charge in [0.2, 0.25) is 5.91 Å². The van der Waals surface area contributed by atoms with Crippen molar-refractivity contribution in [2.45, 2.75) is 259 Å². The molecule has 5 aliphatic rings. The van der Waals surface area contributed by atoms with Gasteiger partial charge in [-0.1, -0.05) is 130 Å². The number of alkyl halides is 1. The second kappa shape index (κ2) is 25.3. The number of allylic oxidation sites excluding steroid dienone is 2. The van der Waals surface area contributed by atoms with Gasteiger partial charge in [0.05, 0.1) is 5.60 Å². The Morgan fingerprint density at radius 1 is 0.554 bits per heavy atom. The average Bonchev–Trinajstić information content (AvgIpc) is 2.82. The van der Waals surface area contributed by atoms with Crippen LogP contribution in [-0.2, 0) is 14.4 Å². The van der Waals surface area contributed by atoms with Crippen molar-refractivity contribution in [3.8, 4) is 0 Å². The van der Waals surface area contributed by atoms with Crippen LogP contribution in [0.15, 0.2) is 11.6 Å². The molecule has 4 N–H and O–H groups in total. The van der Waals surface area contributed by atoms with Crippen LogP contribution in [0.2, 0.25) is 0 Å². The summed E-state index contributed by atoms with van der Waals surface area (Å²) in [6, 6.07) is 0. The van der Waals surface area contributed by atoms with Gasteiger partial charge >= 0.3 is 23.1 Å². The summed E-state index contributed by atoms with van der Waals surface area (Å²) in [5.41, 5.74) is 9.59. The van der Waals surface area contributed by atoms with Crippen LogP contribution in [0.5, 0.6) is 0 Å². The van der Waals surface area contributed by atoms with E-state index in [-0.39, 0.29) is 123 Å². The molecule has 0 radical (unpaired) electrons. The topological polar surface area (TPSA) is 109 Å². The Morgan fingerprint density at radius 3 is 1.12 bits per heavy atom. The van der Waals surface area contributed by atoms with Gasteiger partial charge in [0.25, 0.3) is 0 Å². The van der Waals surface area contributed by atoms with Crippen LogP contribution in [0.1, 0.15) is 242 Å². The summed E-state index contributed by atoms with van der Waals surface area (Å²) in [4.78, 5) is 33.8. The smallest absolute Gasteiger partial charge is 1.00 e. The van der Waals surface area contributed by atoms with Crippen molar-refractivity contribution in [2.75, 3.05) is 5.88 Å². The Labute approximate surface area is 448 Å². The molecule has 382 valence electrons. The maximum Gasteiger partial charge on any atom is 2.00 e. The number of amides is 1. The van der Waals surface area contributed by atoms with E-state index in [1.165, 1.54) is 31.3 Å². The van der Waals surface area contributed by atoms with Gasteiger partial charge in [-0.3, -0.25) is 14.4 Å². The minimum Gasteiger partial charge on any atom is -1.00 e. The van der Waals surface area contributed by atoms with Crippen LogP contribution in [0.25, 0.3) is 0 Å². The fraction of sp³-hybridized carbons (Fsp3) is 0.891. The van der Waals surface area contributed by atoms with Gasteiger partial charge in [0, 0.05) is 30.3 Å². The number of nitrogens with one attached hydrogen (secondary N) is 1. The Kier molecular flexibility index (Phi) is 28.0. The molecule has 5 rings (SSSR count). The van der Waals surface area contributed by atoms with Crippen LogP contribution in [-0.4, -0.2) is 68.2 Å². The molecule has 0 saturated heterocycles. The van der Waals surface area contributed by atoms with Crippen LogP contribution in [0.3, 0.4) is 0 Å². The zero-order valence-electron chi connectivity index (χ0n) is 46.8. The molecule has 0 aromatic heterocycles. The number of hydrogen-bond donors (Lipinski definition) is 3. The molecule has 4 fully saturated rings. The molecule has 0 heterocycles. The summed E-state index contributed by atoms with van der Waals surface area (Å²) < 4.78 is 0. The van der Waals surface area contributed by atoms with E-state index in [9.17, 15) is 19.5 Å². The zero-order valence-corrected chi connectivity index (χ0v) is 51.9. The summed E-state index contributed by atoms with van der Waals surface area (Å²) in [6.45, 7) is 48.8. The molecule has 0 atom stereocenters. The second-order valence-electron chi connectivity index (χ2n) is 29.3. The quantitative estimate of drug-likeness (QED) is 0.110. The first-order valence-electron chi connectivity index (χ1n) is 23.7. The first kappa shape index (κ1) is 72.1. The first-order chi connectivity index (χ1) is 26.6. The molecular formula is C55H105Cl2IMgN2O4. The van der Waals surface area contributed by atoms with Crippen molar-refractivity contribution in [3.63, 3.8) is 0 Å². The maximum absolute atomic E-state index is 11.5. The van der Waals surface area contributed by atoms with Crippen molar-refractivity contribution >= 4 is 64.5 Å². The third-order valence-corrected chi connectivity index (χ3v) is 13.0. The van der Waals surface area contributed by atoms with Gasteiger partial charge in [-0.15, -0.1) is 24.0 Å². The minimum absolute atomic E-state index is 0. The zero-order chi connectivity index (χ0) is 48.3. The molecule has 10 heteroatoms. The van der Waals surface area contributed by atoms with Crippen molar-refractivity contribution in [1.29, 1.82) is 0 Å². The van der Waals surface area contributed by atoms with E-state index in [2.05, 4.69) is 144 Å². The summed E-state index contributed by atoms with van der Waals surface area (Å²) in [5.74, 6) is 0.717. The number of hydrogen-bond acceptors (Lipinski definition) is 5. The normalized spacial score (nSPS) is 26.6. The average molecular weight is 1080 g/mol. The molecule has 5 aliphatic carbocycles. The van der Waals surface area contributed by atoms with E-state index < -0.39 is 5.60 Å². The summed E-state index contributed by atoms with van der Waals surface area (Å²) >= 11 is 5.56. The maximum atomic E-state index is 11.5. The Hall–Kier alpha value is 0.546. The van der Waals surface area contributed by atoms with Crippen molar-refractivity contribution in [2.24, 2.45) is 54.5 Å². The Balaban J connectivity index is -0.000000355. The van der Waals surface area contributed by atoms with Gasteiger partial charge in [-0.05, 0) is 153 Å². The van der Waals surface area contributed by atoms with Crippen LogP contribution in [0.4, 0.5) is 0 Å². The van der Waals surface area contributed by atoms with E-state index in [0.717, 1.165) is 57.8 Å². The molecule has 0 bridgehead atoms. The third kappa shape index (κ3) is 30.1. The van der Waals surface area contributed by atoms with Gasteiger partial charge in [-0.25, -0.2) is 0 Å². The Bertz CT molecular complexity index is 1390. The SMILES string of the molecule is CC1(C)CC(=O)CC(C)(C)C1.CC1(C)CC(C)(C)CC(C)(N)C1.CC1(C)CC(C)(C)CC(C)(NC(=O)CCl)C1.CC1(C)CC(C)(C)CC(C)(O)C1.CC1=CC(=O)CC(C)(C)C1.Cl.[CH3-].[I-].[Mg+2]. The molecule has 1 amide bonds. The molecule has 0 spiro atoms. The third-order valence-electron chi connectivity index (χ3n) is 12.8. The van der Waals surface area contributed by atoms with E-state index in [1.54, 1.807) is 6.08 Å². The summed E-state index contributed by atoms with van der Waals surface area (Å²) in [6.07, 6.45) is 16.2. The molecular weight excluding hydrogens is 975 g/mol. The molecule has 4 saturated carbocycles. The number of halogens is 3. The van der Waals surface area contributed by atoms with Crippen molar-refractivity contribution < 1.29 is 43.5 Å².